The lowest BCUT2D eigenvalue weighted by atomic mass is 10.2. The van der Waals surface area contributed by atoms with Crippen molar-refractivity contribution in [2.75, 3.05) is 0 Å². The molecule has 0 aliphatic heterocycles. The number of nitrogens with zero attached hydrogens (tertiary/aromatic N) is 3. The van der Waals surface area contributed by atoms with Crippen LogP contribution in [0.2, 0.25) is 0 Å². The Bertz CT molecular complexity index is 610. The van der Waals surface area contributed by atoms with Crippen LogP contribution in [0.15, 0.2) is 36.8 Å². The summed E-state index contributed by atoms with van der Waals surface area (Å²) in [6.07, 6.45) is 5.72. The summed E-state index contributed by atoms with van der Waals surface area (Å²) in [5.41, 5.74) is 3.01. The lowest BCUT2D eigenvalue weighted by molar-refractivity contribution is 1.18. The predicted octanol–water partition coefficient (Wildman–Crippen LogP) is 2.19. The number of pyridine rings is 2. The van der Waals surface area contributed by atoms with E-state index in [1.165, 1.54) is 0 Å². The van der Waals surface area contributed by atoms with Gasteiger partial charge >= 0.3 is 0 Å². The molecule has 0 radical (unpaired) electrons. The van der Waals surface area contributed by atoms with Crippen LogP contribution in [0.5, 0.6) is 0 Å². The minimum Gasteiger partial charge on any atom is -0.306 e. The summed E-state index contributed by atoms with van der Waals surface area (Å²) in [4.78, 5) is 8.75. The molecule has 3 aromatic rings. The Morgan fingerprint density at radius 2 is 2.07 bits per heavy atom. The molecular formula is C11H9N3. The van der Waals surface area contributed by atoms with Crippen LogP contribution in [0, 0.1) is 6.92 Å². The lowest BCUT2D eigenvalue weighted by Crippen LogP contribution is -1.88. The van der Waals surface area contributed by atoms with Gasteiger partial charge in [-0.3, -0.25) is 4.98 Å². The van der Waals surface area contributed by atoms with E-state index >= 15 is 0 Å². The zero-order valence-corrected chi connectivity index (χ0v) is 7.81. The lowest BCUT2D eigenvalue weighted by Gasteiger charge is -2.00. The monoisotopic (exact) mass is 183 g/mol. The van der Waals surface area contributed by atoms with E-state index in [1.807, 2.05) is 35.9 Å². The van der Waals surface area contributed by atoms with Gasteiger partial charge in [-0.05, 0) is 25.1 Å². The second kappa shape index (κ2) is 2.54. The first kappa shape index (κ1) is 7.50. The van der Waals surface area contributed by atoms with Crippen LogP contribution in [-0.2, 0) is 0 Å². The van der Waals surface area contributed by atoms with Crippen molar-refractivity contribution in [2.24, 2.45) is 0 Å². The van der Waals surface area contributed by atoms with Crippen LogP contribution in [0.1, 0.15) is 5.69 Å². The zero-order valence-electron chi connectivity index (χ0n) is 7.81. The molecule has 3 heteroatoms. The molecule has 0 amide bonds. The van der Waals surface area contributed by atoms with E-state index in [0.717, 1.165) is 22.2 Å². The number of hydrogen-bond acceptors (Lipinski definition) is 2. The van der Waals surface area contributed by atoms with Crippen molar-refractivity contribution in [3.63, 3.8) is 0 Å². The fourth-order valence-corrected chi connectivity index (χ4v) is 1.69. The van der Waals surface area contributed by atoms with Crippen molar-refractivity contribution < 1.29 is 0 Å². The number of aromatic nitrogens is 3. The molecule has 0 aliphatic rings. The maximum Gasteiger partial charge on any atom is 0.146 e. The largest absolute Gasteiger partial charge is 0.306 e. The van der Waals surface area contributed by atoms with Crippen LogP contribution in [0.25, 0.3) is 16.6 Å². The third-order valence-corrected chi connectivity index (χ3v) is 2.37. The predicted molar refractivity (Wildman–Crippen MR) is 55.2 cm³/mol. The molecule has 3 heterocycles. The smallest absolute Gasteiger partial charge is 0.146 e. The topological polar surface area (TPSA) is 30.2 Å². The van der Waals surface area contributed by atoms with Crippen molar-refractivity contribution in [3.05, 3.63) is 42.5 Å². The van der Waals surface area contributed by atoms with Gasteiger partial charge in [-0.2, -0.15) is 0 Å². The van der Waals surface area contributed by atoms with Gasteiger partial charge in [-0.1, -0.05) is 0 Å². The van der Waals surface area contributed by atoms with Crippen molar-refractivity contribution in [1.29, 1.82) is 0 Å². The van der Waals surface area contributed by atoms with Crippen molar-refractivity contribution in [1.82, 2.24) is 14.4 Å². The summed E-state index contributed by atoms with van der Waals surface area (Å²) in [5, 5.41) is 1.10. The molecule has 68 valence electrons. The van der Waals surface area contributed by atoms with Gasteiger partial charge in [0.2, 0.25) is 0 Å². The fraction of sp³-hybridized carbons (Fsp3) is 0.0909. The van der Waals surface area contributed by atoms with Gasteiger partial charge in [0.1, 0.15) is 5.65 Å². The molecule has 14 heavy (non-hydrogen) atoms. The van der Waals surface area contributed by atoms with E-state index in [4.69, 9.17) is 0 Å². The van der Waals surface area contributed by atoms with Crippen LogP contribution >= 0.6 is 0 Å². The van der Waals surface area contributed by atoms with Gasteiger partial charge in [-0.25, -0.2) is 4.98 Å². The number of fused-ring (bicyclic) bond motifs is 3. The van der Waals surface area contributed by atoms with E-state index in [2.05, 4.69) is 16.0 Å². The Balaban J connectivity index is 2.57. The van der Waals surface area contributed by atoms with E-state index in [1.54, 1.807) is 6.20 Å². The number of imidazole rings is 1. The molecular weight excluding hydrogens is 174 g/mol. The quantitative estimate of drug-likeness (QED) is 0.534. The van der Waals surface area contributed by atoms with Crippen LogP contribution in [0.4, 0.5) is 0 Å². The highest BCUT2D eigenvalue weighted by Gasteiger charge is 2.01. The Labute approximate surface area is 81.0 Å². The number of rotatable bonds is 0. The molecule has 0 fully saturated rings. The maximum atomic E-state index is 4.45. The van der Waals surface area contributed by atoms with Crippen LogP contribution in [-0.4, -0.2) is 14.4 Å². The number of hydrogen-bond donors (Lipinski definition) is 0. The highest BCUT2D eigenvalue weighted by Crippen LogP contribution is 2.16. The number of aryl methyl sites for hydroxylation is 1. The first-order valence-corrected chi connectivity index (χ1v) is 4.54. The molecule has 3 aromatic heterocycles. The minimum atomic E-state index is 0.968. The average Bonchev–Trinajstić information content (AvgIpc) is 2.65. The Morgan fingerprint density at radius 1 is 1.14 bits per heavy atom. The van der Waals surface area contributed by atoms with Gasteiger partial charge < -0.3 is 4.40 Å². The van der Waals surface area contributed by atoms with E-state index < -0.39 is 0 Å². The van der Waals surface area contributed by atoms with Crippen molar-refractivity contribution in [3.8, 4) is 0 Å². The van der Waals surface area contributed by atoms with Gasteiger partial charge in [-0.15, -0.1) is 0 Å². The summed E-state index contributed by atoms with van der Waals surface area (Å²) in [6.45, 7) is 2.00. The second-order valence-corrected chi connectivity index (χ2v) is 3.36. The molecule has 0 aromatic carbocycles. The summed E-state index contributed by atoms with van der Waals surface area (Å²) in [7, 11) is 0. The Morgan fingerprint density at radius 3 is 3.00 bits per heavy atom. The Kier molecular flexibility index (Phi) is 1.36. The third kappa shape index (κ3) is 0.923. The first-order valence-electron chi connectivity index (χ1n) is 4.54. The van der Waals surface area contributed by atoms with E-state index in [9.17, 15) is 0 Å². The molecule has 3 rings (SSSR count). The second-order valence-electron chi connectivity index (χ2n) is 3.36. The van der Waals surface area contributed by atoms with Crippen LogP contribution < -0.4 is 0 Å². The maximum absolute atomic E-state index is 4.45. The zero-order chi connectivity index (χ0) is 9.54. The molecule has 0 unspecified atom stereocenters. The standard InChI is InChI=1S/C11H9N3/c1-8-2-3-9-10(13-8)4-6-14-7-5-12-11(9)14/h2-7H,1H3. The molecule has 0 N–H and O–H groups in total. The van der Waals surface area contributed by atoms with Crippen molar-refractivity contribution in [2.45, 2.75) is 6.92 Å². The van der Waals surface area contributed by atoms with Crippen LogP contribution in [0.3, 0.4) is 0 Å². The molecule has 3 nitrogen and oxygen atoms in total. The van der Waals surface area contributed by atoms with E-state index in [-0.39, 0.29) is 0 Å². The van der Waals surface area contributed by atoms with Crippen molar-refractivity contribution >= 4 is 16.6 Å². The third-order valence-electron chi connectivity index (χ3n) is 2.37. The SMILES string of the molecule is Cc1ccc2c(ccn3ccnc23)n1. The Hall–Kier alpha value is -1.90. The molecule has 0 saturated carbocycles. The average molecular weight is 183 g/mol. The molecule has 0 bridgehead atoms. The normalized spacial score (nSPS) is 11.2. The first-order chi connectivity index (χ1) is 6.84. The van der Waals surface area contributed by atoms with Gasteiger partial charge in [0.15, 0.2) is 0 Å². The molecule has 0 saturated heterocycles. The summed E-state index contributed by atoms with van der Waals surface area (Å²) in [5.74, 6) is 0. The molecule has 0 spiro atoms. The van der Waals surface area contributed by atoms with E-state index in [0.29, 0.717) is 0 Å². The fourth-order valence-electron chi connectivity index (χ4n) is 1.69. The highest BCUT2D eigenvalue weighted by atomic mass is 15.0. The molecule has 0 aliphatic carbocycles. The summed E-state index contributed by atoms with van der Waals surface area (Å²) >= 11 is 0. The summed E-state index contributed by atoms with van der Waals surface area (Å²) < 4.78 is 2.00. The minimum absolute atomic E-state index is 0.968. The van der Waals surface area contributed by atoms with Gasteiger partial charge in [0, 0.05) is 29.7 Å². The van der Waals surface area contributed by atoms with Gasteiger partial charge in [0.25, 0.3) is 0 Å². The highest BCUT2D eigenvalue weighted by molar-refractivity contribution is 5.91. The summed E-state index contributed by atoms with van der Waals surface area (Å²) in [6, 6.07) is 6.09. The molecule has 0 atom stereocenters. The van der Waals surface area contributed by atoms with Gasteiger partial charge in [0.05, 0.1) is 5.52 Å².